The highest BCUT2D eigenvalue weighted by molar-refractivity contribution is 5.91. The molecule has 2 atom stereocenters. The summed E-state index contributed by atoms with van der Waals surface area (Å²) in [7, 11) is 0. The minimum Gasteiger partial charge on any atom is -0.444 e. The Bertz CT molecular complexity index is 346. The van der Waals surface area contributed by atoms with Crippen LogP contribution in [0.25, 0.3) is 0 Å². The van der Waals surface area contributed by atoms with Gasteiger partial charge in [-0.25, -0.2) is 4.79 Å². The Morgan fingerprint density at radius 1 is 1.05 bits per heavy atom. The van der Waals surface area contributed by atoms with Crippen molar-refractivity contribution in [1.29, 1.82) is 0 Å². The fourth-order valence-electron chi connectivity index (χ4n) is 2.05. The number of rotatable bonds is 7. The third kappa shape index (κ3) is 9.45. The van der Waals surface area contributed by atoms with Gasteiger partial charge in [0.25, 0.3) is 0 Å². The van der Waals surface area contributed by atoms with Gasteiger partial charge in [-0.2, -0.15) is 0 Å². The summed E-state index contributed by atoms with van der Waals surface area (Å²) in [6.07, 6.45) is 0.603. The molecule has 0 heterocycles. The predicted molar refractivity (Wildman–Crippen MR) is 85.1 cm³/mol. The normalized spacial score (nSPS) is 15.0. The molecule has 5 heteroatoms. The first-order chi connectivity index (χ1) is 9.42. The van der Waals surface area contributed by atoms with Crippen LogP contribution in [0.1, 0.15) is 61.3 Å². The second-order valence-electron chi connectivity index (χ2n) is 7.47. The van der Waals surface area contributed by atoms with E-state index in [2.05, 4.69) is 5.32 Å². The average Bonchev–Trinajstić information content (AvgIpc) is 2.22. The smallest absolute Gasteiger partial charge is 0.408 e. The number of nitrogens with one attached hydrogen (secondary N) is 1. The second kappa shape index (κ2) is 8.37. The summed E-state index contributed by atoms with van der Waals surface area (Å²) in [5.41, 5.74) is 5.37. The third-order valence-corrected chi connectivity index (χ3v) is 2.83. The van der Waals surface area contributed by atoms with Crippen LogP contribution in [0.5, 0.6) is 0 Å². The summed E-state index contributed by atoms with van der Waals surface area (Å²) >= 11 is 0. The molecule has 124 valence electrons. The maximum Gasteiger partial charge on any atom is 0.408 e. The van der Waals surface area contributed by atoms with Crippen molar-refractivity contribution in [1.82, 2.24) is 5.32 Å². The van der Waals surface area contributed by atoms with E-state index >= 15 is 0 Å². The van der Waals surface area contributed by atoms with Crippen molar-refractivity contribution >= 4 is 11.9 Å². The molecule has 21 heavy (non-hydrogen) atoms. The van der Waals surface area contributed by atoms with Gasteiger partial charge in [0.15, 0.2) is 5.78 Å². The van der Waals surface area contributed by atoms with E-state index in [0.29, 0.717) is 18.8 Å². The minimum atomic E-state index is -0.589. The van der Waals surface area contributed by atoms with Crippen LogP contribution in [0.3, 0.4) is 0 Å². The summed E-state index contributed by atoms with van der Waals surface area (Å²) < 4.78 is 5.22. The van der Waals surface area contributed by atoms with Crippen molar-refractivity contribution in [2.24, 2.45) is 17.6 Å². The van der Waals surface area contributed by atoms with Crippen molar-refractivity contribution < 1.29 is 14.3 Å². The zero-order valence-corrected chi connectivity index (χ0v) is 14.5. The molecular formula is C16H32N2O3. The molecule has 0 saturated carbocycles. The van der Waals surface area contributed by atoms with Gasteiger partial charge in [-0.05, 0) is 45.4 Å². The Balaban J connectivity index is 4.79. The lowest BCUT2D eigenvalue weighted by atomic mass is 9.92. The van der Waals surface area contributed by atoms with Crippen LogP contribution in [0.2, 0.25) is 0 Å². The van der Waals surface area contributed by atoms with Crippen LogP contribution >= 0.6 is 0 Å². The molecule has 0 saturated heterocycles. The van der Waals surface area contributed by atoms with Gasteiger partial charge in [0.1, 0.15) is 5.60 Å². The van der Waals surface area contributed by atoms with Crippen LogP contribution in [0.15, 0.2) is 0 Å². The van der Waals surface area contributed by atoms with E-state index in [1.165, 1.54) is 0 Å². The zero-order chi connectivity index (χ0) is 16.8. The van der Waals surface area contributed by atoms with Crippen molar-refractivity contribution in [3.8, 4) is 0 Å². The standard InChI is InChI=1S/C16H32N2O3/c1-10(2)8-12(17)14(19)13(9-11(3)4)18-15(20)21-16(5,6)7/h10-13H,8-9,17H2,1-7H3,(H,18,20)/t12-,13?/m0/s1. The molecule has 0 aliphatic heterocycles. The van der Waals surface area contributed by atoms with Crippen molar-refractivity contribution in [2.75, 3.05) is 0 Å². The number of hydrogen-bond donors (Lipinski definition) is 2. The Kier molecular flexibility index (Phi) is 7.93. The number of hydrogen-bond acceptors (Lipinski definition) is 4. The number of carbonyl (C=O) groups excluding carboxylic acids is 2. The molecule has 0 bridgehead atoms. The molecular weight excluding hydrogens is 268 g/mol. The molecule has 0 aromatic rings. The predicted octanol–water partition coefficient (Wildman–Crippen LogP) is 2.87. The molecule has 3 N–H and O–H groups in total. The summed E-state index contributed by atoms with van der Waals surface area (Å²) in [6, 6.07) is -1.14. The van der Waals surface area contributed by atoms with E-state index in [0.717, 1.165) is 0 Å². The molecule has 5 nitrogen and oxygen atoms in total. The maximum atomic E-state index is 12.4. The van der Waals surface area contributed by atoms with Crippen LogP contribution in [-0.4, -0.2) is 29.6 Å². The van der Waals surface area contributed by atoms with Gasteiger partial charge >= 0.3 is 6.09 Å². The highest BCUT2D eigenvalue weighted by Crippen LogP contribution is 2.13. The van der Waals surface area contributed by atoms with Gasteiger partial charge in [-0.15, -0.1) is 0 Å². The highest BCUT2D eigenvalue weighted by atomic mass is 16.6. The Hall–Kier alpha value is -1.10. The number of amides is 1. The molecule has 0 rings (SSSR count). The van der Waals surface area contributed by atoms with Gasteiger partial charge in [0, 0.05) is 0 Å². The lowest BCUT2D eigenvalue weighted by Gasteiger charge is -2.26. The second-order valence-corrected chi connectivity index (χ2v) is 7.47. The monoisotopic (exact) mass is 300 g/mol. The SMILES string of the molecule is CC(C)CC(NC(=O)OC(C)(C)C)C(=O)[C@@H](N)CC(C)C. The maximum absolute atomic E-state index is 12.4. The van der Waals surface area contributed by atoms with Crippen molar-refractivity contribution in [3.63, 3.8) is 0 Å². The van der Waals surface area contributed by atoms with Crippen LogP contribution < -0.4 is 11.1 Å². The van der Waals surface area contributed by atoms with E-state index in [-0.39, 0.29) is 11.7 Å². The van der Waals surface area contributed by atoms with Gasteiger partial charge in [0.2, 0.25) is 0 Å². The molecule has 0 aliphatic carbocycles. The lowest BCUT2D eigenvalue weighted by molar-refractivity contribution is -0.123. The quantitative estimate of drug-likeness (QED) is 0.757. The zero-order valence-electron chi connectivity index (χ0n) is 14.5. The van der Waals surface area contributed by atoms with E-state index in [4.69, 9.17) is 10.5 Å². The van der Waals surface area contributed by atoms with Crippen molar-refractivity contribution in [2.45, 2.75) is 79.0 Å². The Morgan fingerprint density at radius 3 is 1.90 bits per heavy atom. The minimum absolute atomic E-state index is 0.122. The Morgan fingerprint density at radius 2 is 1.52 bits per heavy atom. The molecule has 0 aromatic carbocycles. The summed E-state index contributed by atoms with van der Waals surface area (Å²) in [6.45, 7) is 13.4. The molecule has 1 unspecified atom stereocenters. The van der Waals surface area contributed by atoms with E-state index in [1.54, 1.807) is 20.8 Å². The van der Waals surface area contributed by atoms with E-state index < -0.39 is 23.8 Å². The highest BCUT2D eigenvalue weighted by Gasteiger charge is 2.28. The number of alkyl carbamates (subject to hydrolysis) is 1. The molecule has 0 aromatic heterocycles. The third-order valence-electron chi connectivity index (χ3n) is 2.83. The van der Waals surface area contributed by atoms with Crippen LogP contribution in [0.4, 0.5) is 4.79 Å². The average molecular weight is 300 g/mol. The van der Waals surface area contributed by atoms with Crippen LogP contribution in [-0.2, 0) is 9.53 Å². The van der Waals surface area contributed by atoms with Gasteiger partial charge in [-0.3, -0.25) is 4.79 Å². The van der Waals surface area contributed by atoms with E-state index in [9.17, 15) is 9.59 Å². The molecule has 1 amide bonds. The summed E-state index contributed by atoms with van der Waals surface area (Å²) in [5.74, 6) is 0.494. The van der Waals surface area contributed by atoms with Gasteiger partial charge < -0.3 is 15.8 Å². The molecule has 0 aliphatic rings. The number of nitrogens with two attached hydrogens (primary N) is 1. The van der Waals surface area contributed by atoms with Crippen molar-refractivity contribution in [3.05, 3.63) is 0 Å². The molecule has 0 fully saturated rings. The first-order valence-corrected chi connectivity index (χ1v) is 7.71. The van der Waals surface area contributed by atoms with Gasteiger partial charge in [-0.1, -0.05) is 27.7 Å². The topological polar surface area (TPSA) is 81.4 Å². The number of carbonyl (C=O) groups is 2. The summed E-state index contributed by atoms with van der Waals surface area (Å²) in [5, 5.41) is 2.67. The first kappa shape index (κ1) is 19.9. The Labute approximate surface area is 129 Å². The summed E-state index contributed by atoms with van der Waals surface area (Å²) in [4.78, 5) is 24.3. The van der Waals surface area contributed by atoms with Gasteiger partial charge in [0.05, 0.1) is 12.1 Å². The lowest BCUT2D eigenvalue weighted by Crippen LogP contribution is -2.50. The number of Topliss-reactive ketones (excluding diaryl/α,β-unsaturated/α-hetero) is 1. The largest absolute Gasteiger partial charge is 0.444 e. The van der Waals surface area contributed by atoms with Crippen LogP contribution in [0, 0.1) is 11.8 Å². The fraction of sp³-hybridized carbons (Fsp3) is 0.875. The molecule has 0 spiro atoms. The number of ketones is 1. The number of ether oxygens (including phenoxy) is 1. The first-order valence-electron chi connectivity index (χ1n) is 7.71. The van der Waals surface area contributed by atoms with E-state index in [1.807, 2.05) is 27.7 Å². The fourth-order valence-corrected chi connectivity index (χ4v) is 2.05. The molecule has 0 radical (unpaired) electrons.